The molecule has 0 radical (unpaired) electrons. The van der Waals surface area contributed by atoms with Gasteiger partial charge in [0.05, 0.1) is 5.69 Å². The average molecular weight is 444 g/mol. The number of anilines is 1. The van der Waals surface area contributed by atoms with Crippen LogP contribution in [0.4, 0.5) is 19.7 Å². The van der Waals surface area contributed by atoms with Crippen molar-refractivity contribution in [1.29, 1.82) is 0 Å². The molecule has 0 aliphatic carbocycles. The van der Waals surface area contributed by atoms with E-state index < -0.39 is 35.7 Å². The highest BCUT2D eigenvalue weighted by molar-refractivity contribution is 8.13. The molecule has 8 nitrogen and oxygen atoms in total. The highest BCUT2D eigenvalue weighted by atomic mass is 32.2. The Morgan fingerprint density at radius 3 is 2.42 bits per heavy atom. The number of halogens is 1. The standard InChI is InChI=1S/C21H21FN4O4S/c1-21(13-8-10-14(22)11-9-13)18(28)26(19(29)24-21)12-17(27)23-15-6-4-5-7-16(15)31-20(30)25(2)3/h4-11H,12H2,1-3H3,(H,23,27)(H,24,29). The third kappa shape index (κ3) is 4.69. The zero-order valence-corrected chi connectivity index (χ0v) is 18.0. The van der Waals surface area contributed by atoms with Crippen LogP contribution in [0.25, 0.3) is 0 Å². The predicted octanol–water partition coefficient (Wildman–Crippen LogP) is 3.01. The van der Waals surface area contributed by atoms with Gasteiger partial charge in [-0.05, 0) is 48.5 Å². The third-order valence-electron chi connectivity index (χ3n) is 4.72. The van der Waals surface area contributed by atoms with E-state index in [4.69, 9.17) is 0 Å². The number of para-hydroxylation sites is 1. The van der Waals surface area contributed by atoms with Crippen LogP contribution in [-0.2, 0) is 15.1 Å². The Morgan fingerprint density at radius 2 is 1.77 bits per heavy atom. The van der Waals surface area contributed by atoms with Crippen LogP contribution in [0, 0.1) is 5.82 Å². The molecule has 2 N–H and O–H groups in total. The van der Waals surface area contributed by atoms with Crippen molar-refractivity contribution < 1.29 is 23.6 Å². The largest absolute Gasteiger partial charge is 0.339 e. The summed E-state index contributed by atoms with van der Waals surface area (Å²) in [4.78, 5) is 52.6. The number of amides is 5. The fourth-order valence-corrected chi connectivity index (χ4v) is 3.74. The molecule has 1 heterocycles. The first-order valence-corrected chi connectivity index (χ1v) is 10.1. The summed E-state index contributed by atoms with van der Waals surface area (Å²) in [5, 5.41) is 4.99. The minimum atomic E-state index is -1.41. The normalized spacial score (nSPS) is 18.0. The number of urea groups is 1. The van der Waals surface area contributed by atoms with E-state index in [1.165, 1.54) is 36.1 Å². The number of nitrogens with one attached hydrogen (secondary N) is 2. The van der Waals surface area contributed by atoms with Gasteiger partial charge in [0.2, 0.25) is 5.91 Å². The van der Waals surface area contributed by atoms with Crippen molar-refractivity contribution in [2.24, 2.45) is 0 Å². The Morgan fingerprint density at radius 1 is 1.13 bits per heavy atom. The smallest absolute Gasteiger partial charge is 0.325 e. The van der Waals surface area contributed by atoms with Gasteiger partial charge in [0.25, 0.3) is 11.1 Å². The maximum absolute atomic E-state index is 13.2. The summed E-state index contributed by atoms with van der Waals surface area (Å²) in [7, 11) is 3.23. The third-order valence-corrected chi connectivity index (χ3v) is 5.84. The van der Waals surface area contributed by atoms with E-state index in [0.717, 1.165) is 16.7 Å². The number of carbonyl (C=O) groups is 4. The molecule has 2 aromatic rings. The van der Waals surface area contributed by atoms with Gasteiger partial charge in [0, 0.05) is 19.0 Å². The summed E-state index contributed by atoms with van der Waals surface area (Å²) in [6.45, 7) is 0.985. The van der Waals surface area contributed by atoms with Crippen LogP contribution in [0.1, 0.15) is 12.5 Å². The van der Waals surface area contributed by atoms with E-state index in [1.807, 2.05) is 0 Å². The van der Waals surface area contributed by atoms with Crippen molar-refractivity contribution >= 4 is 40.5 Å². The molecule has 31 heavy (non-hydrogen) atoms. The second kappa shape index (κ2) is 8.76. The lowest BCUT2D eigenvalue weighted by Crippen LogP contribution is -2.42. The van der Waals surface area contributed by atoms with Crippen LogP contribution >= 0.6 is 11.8 Å². The van der Waals surface area contributed by atoms with Gasteiger partial charge in [-0.25, -0.2) is 9.18 Å². The van der Waals surface area contributed by atoms with Gasteiger partial charge < -0.3 is 15.5 Å². The van der Waals surface area contributed by atoms with Gasteiger partial charge in [-0.2, -0.15) is 0 Å². The zero-order chi connectivity index (χ0) is 22.8. The second-order valence-corrected chi connectivity index (χ2v) is 8.25. The van der Waals surface area contributed by atoms with Crippen LogP contribution in [0.2, 0.25) is 0 Å². The lowest BCUT2D eigenvalue weighted by molar-refractivity contribution is -0.133. The molecular weight excluding hydrogens is 423 g/mol. The fraction of sp³-hybridized carbons (Fsp3) is 0.238. The minimum absolute atomic E-state index is 0.217. The highest BCUT2D eigenvalue weighted by Gasteiger charge is 2.49. The van der Waals surface area contributed by atoms with Crippen LogP contribution in [0.3, 0.4) is 0 Å². The van der Waals surface area contributed by atoms with Gasteiger partial charge in [-0.15, -0.1) is 0 Å². The number of thioether (sulfide) groups is 1. The number of nitrogens with zero attached hydrogens (tertiary/aromatic N) is 2. The molecule has 1 aliphatic heterocycles. The zero-order valence-electron chi connectivity index (χ0n) is 17.1. The quantitative estimate of drug-likeness (QED) is 0.546. The van der Waals surface area contributed by atoms with E-state index in [2.05, 4.69) is 10.6 Å². The molecule has 1 aliphatic rings. The molecule has 1 fully saturated rings. The van der Waals surface area contributed by atoms with Crippen LogP contribution < -0.4 is 10.6 Å². The van der Waals surface area contributed by atoms with Gasteiger partial charge in [-0.1, -0.05) is 24.3 Å². The molecule has 2 aromatic carbocycles. The summed E-state index contributed by atoms with van der Waals surface area (Å²) < 4.78 is 13.2. The number of carbonyl (C=O) groups excluding carboxylic acids is 4. The molecule has 1 atom stereocenters. The van der Waals surface area contributed by atoms with Crippen molar-refractivity contribution in [1.82, 2.24) is 15.1 Å². The number of rotatable bonds is 5. The first-order valence-electron chi connectivity index (χ1n) is 9.30. The Hall–Kier alpha value is -3.40. The van der Waals surface area contributed by atoms with Crippen molar-refractivity contribution in [3.8, 4) is 0 Å². The molecule has 162 valence electrons. The molecule has 5 amide bonds. The summed E-state index contributed by atoms with van der Waals surface area (Å²) in [6.07, 6.45) is 0. The Labute approximate surface area is 182 Å². The summed E-state index contributed by atoms with van der Waals surface area (Å²) in [5.41, 5.74) is -0.614. The van der Waals surface area contributed by atoms with Gasteiger partial charge >= 0.3 is 6.03 Å². The first kappa shape index (κ1) is 22.3. The average Bonchev–Trinajstić information content (AvgIpc) is 2.93. The van der Waals surface area contributed by atoms with Gasteiger partial charge in [0.1, 0.15) is 17.9 Å². The monoisotopic (exact) mass is 444 g/mol. The van der Waals surface area contributed by atoms with Crippen molar-refractivity contribution in [3.05, 3.63) is 59.9 Å². The van der Waals surface area contributed by atoms with E-state index in [-0.39, 0.29) is 5.24 Å². The van der Waals surface area contributed by atoms with Crippen LogP contribution in [0.5, 0.6) is 0 Å². The lowest BCUT2D eigenvalue weighted by atomic mass is 9.92. The Balaban J connectivity index is 1.73. The molecule has 0 aromatic heterocycles. The second-order valence-electron chi connectivity index (χ2n) is 7.26. The summed E-state index contributed by atoms with van der Waals surface area (Å²) >= 11 is 0.944. The number of benzene rings is 2. The Kier molecular flexibility index (Phi) is 6.30. The molecule has 10 heteroatoms. The lowest BCUT2D eigenvalue weighted by Gasteiger charge is -2.22. The van der Waals surface area contributed by atoms with Crippen LogP contribution in [-0.4, -0.2) is 53.5 Å². The van der Waals surface area contributed by atoms with Crippen molar-refractivity contribution in [3.63, 3.8) is 0 Å². The molecule has 0 bridgehead atoms. The summed E-state index contributed by atoms with van der Waals surface area (Å²) in [6, 6.07) is 11.2. The van der Waals surface area contributed by atoms with E-state index in [1.54, 1.807) is 38.4 Å². The molecule has 3 rings (SSSR count). The molecule has 0 saturated carbocycles. The maximum atomic E-state index is 13.2. The maximum Gasteiger partial charge on any atom is 0.325 e. The van der Waals surface area contributed by atoms with Crippen molar-refractivity contribution in [2.75, 3.05) is 26.0 Å². The van der Waals surface area contributed by atoms with E-state index >= 15 is 0 Å². The topological polar surface area (TPSA) is 98.8 Å². The number of imide groups is 1. The minimum Gasteiger partial charge on any atom is -0.339 e. The highest BCUT2D eigenvalue weighted by Crippen LogP contribution is 2.30. The van der Waals surface area contributed by atoms with Crippen LogP contribution in [0.15, 0.2) is 53.4 Å². The Bertz CT molecular complexity index is 1040. The van der Waals surface area contributed by atoms with Gasteiger partial charge in [-0.3, -0.25) is 19.3 Å². The van der Waals surface area contributed by atoms with Crippen molar-refractivity contribution in [2.45, 2.75) is 17.4 Å². The predicted molar refractivity (Wildman–Crippen MR) is 114 cm³/mol. The van der Waals surface area contributed by atoms with E-state index in [9.17, 15) is 23.6 Å². The first-order chi connectivity index (χ1) is 14.6. The number of hydrogen-bond acceptors (Lipinski definition) is 5. The number of hydrogen-bond donors (Lipinski definition) is 2. The van der Waals surface area contributed by atoms with E-state index in [0.29, 0.717) is 16.1 Å². The van der Waals surface area contributed by atoms with Gasteiger partial charge in [0.15, 0.2) is 0 Å². The summed E-state index contributed by atoms with van der Waals surface area (Å²) in [5.74, 6) is -1.69. The molecule has 0 spiro atoms. The molecule has 1 saturated heterocycles. The fourth-order valence-electron chi connectivity index (χ4n) is 3.00. The molecule has 1 unspecified atom stereocenters. The SMILES string of the molecule is CN(C)C(=O)Sc1ccccc1NC(=O)CN1C(=O)NC(C)(c2ccc(F)cc2)C1=O. The molecular formula is C21H21FN4O4S.